The summed E-state index contributed by atoms with van der Waals surface area (Å²) in [7, 11) is -9.93. The average Bonchev–Trinajstić information content (AvgIpc) is 0.916. The number of phosphoric ester groups is 2. The second-order valence-electron chi connectivity index (χ2n) is 31.2. The maximum atomic E-state index is 13.1. The zero-order valence-corrected chi connectivity index (χ0v) is 69.6. The molecular formula is C84H164O17P2. The lowest BCUT2D eigenvalue weighted by molar-refractivity contribution is -0.161. The minimum atomic E-state index is -4.96. The third-order valence-electron chi connectivity index (χ3n) is 20.4. The van der Waals surface area contributed by atoms with Gasteiger partial charge in [-0.2, -0.15) is 0 Å². The van der Waals surface area contributed by atoms with Crippen molar-refractivity contribution < 1.29 is 80.2 Å². The molecule has 612 valence electrons. The Morgan fingerprint density at radius 1 is 0.282 bits per heavy atom. The summed E-state index contributed by atoms with van der Waals surface area (Å²) in [4.78, 5) is 73.2. The first kappa shape index (κ1) is 101. The van der Waals surface area contributed by atoms with Crippen LogP contribution in [-0.4, -0.2) is 96.7 Å². The smallest absolute Gasteiger partial charge is 0.462 e. The Morgan fingerprint density at radius 2 is 0.495 bits per heavy atom. The van der Waals surface area contributed by atoms with Crippen LogP contribution >= 0.6 is 15.6 Å². The van der Waals surface area contributed by atoms with Crippen molar-refractivity contribution in [2.24, 2.45) is 17.8 Å². The van der Waals surface area contributed by atoms with Crippen LogP contribution in [0.2, 0.25) is 0 Å². The first-order valence-corrected chi connectivity index (χ1v) is 46.4. The number of rotatable bonds is 82. The minimum absolute atomic E-state index is 0.106. The van der Waals surface area contributed by atoms with E-state index < -0.39 is 97.5 Å². The first-order chi connectivity index (χ1) is 49.8. The normalized spacial score (nSPS) is 14.4. The summed E-state index contributed by atoms with van der Waals surface area (Å²) in [6, 6.07) is 0. The number of carbonyl (C=O) groups excluding carboxylic acids is 4. The van der Waals surface area contributed by atoms with Crippen molar-refractivity contribution in [2.75, 3.05) is 39.6 Å². The molecule has 0 aromatic heterocycles. The zero-order chi connectivity index (χ0) is 75.8. The highest BCUT2D eigenvalue weighted by atomic mass is 31.2. The van der Waals surface area contributed by atoms with E-state index in [2.05, 4.69) is 48.5 Å². The van der Waals surface area contributed by atoms with Gasteiger partial charge in [0.15, 0.2) is 12.2 Å². The molecule has 19 heteroatoms. The number of esters is 4. The molecule has 0 spiro atoms. The molecule has 0 aliphatic carbocycles. The summed E-state index contributed by atoms with van der Waals surface area (Å²) in [5, 5.41) is 10.7. The van der Waals surface area contributed by atoms with Crippen molar-refractivity contribution in [1.29, 1.82) is 0 Å². The van der Waals surface area contributed by atoms with Crippen LogP contribution in [0.5, 0.6) is 0 Å². The van der Waals surface area contributed by atoms with Crippen LogP contribution in [0.25, 0.3) is 0 Å². The van der Waals surface area contributed by atoms with E-state index >= 15 is 0 Å². The Balaban J connectivity index is 5.24. The maximum absolute atomic E-state index is 13.1. The Morgan fingerprint density at radius 3 is 0.738 bits per heavy atom. The van der Waals surface area contributed by atoms with Crippen LogP contribution in [0.15, 0.2) is 0 Å². The van der Waals surface area contributed by atoms with Gasteiger partial charge < -0.3 is 33.8 Å². The van der Waals surface area contributed by atoms with Gasteiger partial charge in [-0.25, -0.2) is 9.13 Å². The summed E-state index contributed by atoms with van der Waals surface area (Å²) >= 11 is 0. The molecule has 0 bridgehead atoms. The van der Waals surface area contributed by atoms with Gasteiger partial charge in [-0.15, -0.1) is 0 Å². The number of hydrogen-bond acceptors (Lipinski definition) is 15. The van der Waals surface area contributed by atoms with Crippen molar-refractivity contribution in [3.8, 4) is 0 Å². The van der Waals surface area contributed by atoms with E-state index in [1.54, 1.807) is 0 Å². The van der Waals surface area contributed by atoms with Crippen molar-refractivity contribution in [2.45, 2.75) is 458 Å². The molecule has 0 aliphatic heterocycles. The minimum Gasteiger partial charge on any atom is -0.462 e. The van der Waals surface area contributed by atoms with Crippen LogP contribution in [0, 0.1) is 17.8 Å². The van der Waals surface area contributed by atoms with Crippen molar-refractivity contribution in [3.63, 3.8) is 0 Å². The second kappa shape index (κ2) is 74.2. The lowest BCUT2D eigenvalue weighted by atomic mass is 9.99. The van der Waals surface area contributed by atoms with Gasteiger partial charge in [0.1, 0.15) is 19.3 Å². The predicted octanol–water partition coefficient (Wildman–Crippen LogP) is 25.3. The van der Waals surface area contributed by atoms with Gasteiger partial charge in [0.25, 0.3) is 0 Å². The highest BCUT2D eigenvalue weighted by Gasteiger charge is 2.30. The van der Waals surface area contributed by atoms with Crippen molar-refractivity contribution >= 4 is 39.5 Å². The fraction of sp³-hybridized carbons (Fsp3) is 0.952. The molecule has 0 rings (SSSR count). The number of hydrogen-bond donors (Lipinski definition) is 3. The van der Waals surface area contributed by atoms with E-state index in [9.17, 15) is 43.2 Å². The second-order valence-corrected chi connectivity index (χ2v) is 34.1. The van der Waals surface area contributed by atoms with Gasteiger partial charge in [0.05, 0.1) is 26.4 Å². The molecule has 0 fully saturated rings. The van der Waals surface area contributed by atoms with Gasteiger partial charge in [0, 0.05) is 25.7 Å². The summed E-state index contributed by atoms with van der Waals surface area (Å²) in [6.45, 7) is 12.0. The van der Waals surface area contributed by atoms with Crippen LogP contribution in [0.3, 0.4) is 0 Å². The number of unbranched alkanes of at least 4 members (excludes halogenated alkanes) is 48. The average molecular weight is 1510 g/mol. The Kier molecular flexibility index (Phi) is 72.8. The van der Waals surface area contributed by atoms with E-state index in [0.717, 1.165) is 108 Å². The van der Waals surface area contributed by atoms with E-state index in [0.29, 0.717) is 25.7 Å². The van der Waals surface area contributed by atoms with Crippen LogP contribution in [0.1, 0.15) is 440 Å². The Hall–Kier alpha value is -1.94. The molecule has 0 saturated carbocycles. The molecular weight excluding hydrogens is 1340 g/mol. The molecule has 0 amide bonds. The highest BCUT2D eigenvalue weighted by Crippen LogP contribution is 2.45. The highest BCUT2D eigenvalue weighted by molar-refractivity contribution is 7.47. The Bertz CT molecular complexity index is 2000. The number of phosphoric acid groups is 2. The van der Waals surface area contributed by atoms with Crippen molar-refractivity contribution in [3.05, 3.63) is 0 Å². The zero-order valence-electron chi connectivity index (χ0n) is 67.8. The number of carbonyl (C=O) groups is 4. The molecule has 103 heavy (non-hydrogen) atoms. The van der Waals surface area contributed by atoms with E-state index in [1.807, 2.05) is 0 Å². The van der Waals surface area contributed by atoms with Gasteiger partial charge in [-0.3, -0.25) is 37.3 Å². The molecule has 0 aromatic carbocycles. The summed E-state index contributed by atoms with van der Waals surface area (Å²) in [5.41, 5.74) is 0. The third-order valence-corrected chi connectivity index (χ3v) is 22.3. The fourth-order valence-corrected chi connectivity index (χ4v) is 14.5. The number of ether oxygens (including phenoxy) is 4. The SMILES string of the molecule is CCCCCCCCCCCCCCCCCC(=O)OC[C@H](COP(=O)(O)OC[C@@H](O)COP(=O)(O)OC[C@@H](COC(=O)CCCCCCCCCCCC(C)C)OC(=O)CCCCCCCCCCCCC(C)CC)OC(=O)CCCCCCCCCCCCCCCCCCCCC(C)CC. The molecule has 4 unspecified atom stereocenters. The van der Waals surface area contributed by atoms with Crippen LogP contribution < -0.4 is 0 Å². The van der Waals surface area contributed by atoms with Crippen LogP contribution in [-0.2, 0) is 65.4 Å². The molecule has 17 nitrogen and oxygen atoms in total. The largest absolute Gasteiger partial charge is 0.472 e. The fourth-order valence-electron chi connectivity index (χ4n) is 13.0. The number of aliphatic hydroxyl groups is 1. The predicted molar refractivity (Wildman–Crippen MR) is 423 cm³/mol. The monoisotopic (exact) mass is 1510 g/mol. The van der Waals surface area contributed by atoms with Gasteiger partial charge in [-0.05, 0) is 43.4 Å². The lowest BCUT2D eigenvalue weighted by Crippen LogP contribution is -2.30. The molecule has 0 heterocycles. The quantitative estimate of drug-likeness (QED) is 0.0222. The summed E-state index contributed by atoms with van der Waals surface area (Å²) in [6.07, 6.45) is 63.7. The summed E-state index contributed by atoms with van der Waals surface area (Å²) in [5.74, 6) is 0.311. The molecule has 7 atom stereocenters. The topological polar surface area (TPSA) is 237 Å². The van der Waals surface area contributed by atoms with Crippen LogP contribution in [0.4, 0.5) is 0 Å². The third kappa shape index (κ3) is 75.3. The molecule has 3 N–H and O–H groups in total. The molecule has 0 radical (unpaired) electrons. The standard InChI is InChI=1S/C84H164O17P2/c1-8-11-12-13-14-15-16-17-22-26-29-37-44-51-58-65-81(86)94-71-79(100-83(88)67-60-53-46-38-30-27-24-21-19-18-20-23-25-28-35-42-49-56-63-76(6)9-2)73-98-102(90,91)96-69-78(85)70-97-103(92,93)99-74-80(72-95-82(87)66-59-52-45-40-33-34-41-48-55-62-75(4)5)101-84(89)68-61-54-47-39-32-31-36-43-50-57-64-77(7)10-3/h75-80,85H,8-74H2,1-7H3,(H,90,91)(H,92,93)/t76?,77?,78-,79-,80-/m1/s1. The number of aliphatic hydroxyl groups excluding tert-OH is 1. The lowest BCUT2D eigenvalue weighted by Gasteiger charge is -2.21. The van der Waals surface area contributed by atoms with Crippen molar-refractivity contribution in [1.82, 2.24) is 0 Å². The summed E-state index contributed by atoms with van der Waals surface area (Å²) < 4.78 is 68.8. The van der Waals surface area contributed by atoms with E-state index in [1.165, 1.54) is 250 Å². The maximum Gasteiger partial charge on any atom is 0.472 e. The molecule has 0 aromatic rings. The first-order valence-electron chi connectivity index (χ1n) is 43.4. The van der Waals surface area contributed by atoms with E-state index in [-0.39, 0.29) is 25.7 Å². The van der Waals surface area contributed by atoms with E-state index in [4.69, 9.17) is 37.0 Å². The van der Waals surface area contributed by atoms with Gasteiger partial charge in [0.2, 0.25) is 0 Å². The van der Waals surface area contributed by atoms with Gasteiger partial charge in [-0.1, -0.05) is 389 Å². The molecule has 0 aliphatic rings. The molecule has 0 saturated heterocycles. The Labute approximate surface area is 632 Å². The van der Waals surface area contributed by atoms with Gasteiger partial charge >= 0.3 is 39.5 Å².